The van der Waals surface area contributed by atoms with Crippen molar-refractivity contribution in [2.24, 2.45) is 0 Å². The van der Waals surface area contributed by atoms with Gasteiger partial charge in [-0.3, -0.25) is 4.79 Å². The van der Waals surface area contributed by atoms with Gasteiger partial charge < -0.3 is 20.3 Å². The lowest BCUT2D eigenvalue weighted by molar-refractivity contribution is -0.119. The van der Waals surface area contributed by atoms with Gasteiger partial charge in [-0.15, -0.1) is 0 Å². The fourth-order valence-corrected chi connectivity index (χ4v) is 1.75. The number of hydrogen-bond acceptors (Lipinski definition) is 4. The number of hydrogen-bond donors (Lipinski definition) is 3. The molecule has 118 valence electrons. The Labute approximate surface area is 119 Å². The number of carbonyl (C=O) groups excluding carboxylic acids is 1. The Morgan fingerprint density at radius 3 is 2.62 bits per heavy atom. The monoisotopic (exact) mass is 307 g/mol. The van der Waals surface area contributed by atoms with Crippen molar-refractivity contribution >= 4 is 5.91 Å². The van der Waals surface area contributed by atoms with Gasteiger partial charge in [-0.1, -0.05) is 6.07 Å². The lowest BCUT2D eigenvalue weighted by atomic mass is 10.0. The molecule has 3 N–H and O–H groups in total. The highest BCUT2D eigenvalue weighted by atomic mass is 19.3. The number of aliphatic hydroxyl groups is 2. The van der Waals surface area contributed by atoms with Crippen LogP contribution < -0.4 is 10.1 Å². The van der Waals surface area contributed by atoms with Crippen molar-refractivity contribution in [3.63, 3.8) is 0 Å². The number of alkyl halides is 2. The Morgan fingerprint density at radius 1 is 1.38 bits per heavy atom. The first kappa shape index (κ1) is 17.3. The highest BCUT2D eigenvalue weighted by Crippen LogP contribution is 2.31. The Balaban J connectivity index is 2.84. The van der Waals surface area contributed by atoms with Crippen molar-refractivity contribution in [2.75, 3.05) is 6.54 Å². The lowest BCUT2D eigenvalue weighted by Gasteiger charge is -2.21. The summed E-state index contributed by atoms with van der Waals surface area (Å²) in [4.78, 5) is 10.7. The summed E-state index contributed by atoms with van der Waals surface area (Å²) in [7, 11) is 0. The number of amides is 1. The van der Waals surface area contributed by atoms with Crippen molar-refractivity contribution in [2.45, 2.75) is 32.2 Å². The van der Waals surface area contributed by atoms with E-state index in [-0.39, 0.29) is 18.9 Å². The fourth-order valence-electron chi connectivity index (χ4n) is 1.75. The van der Waals surface area contributed by atoms with Crippen molar-refractivity contribution in [1.82, 2.24) is 5.32 Å². The van der Waals surface area contributed by atoms with Gasteiger partial charge in [0.15, 0.2) is 0 Å². The minimum atomic E-state index is -3.19. The molecule has 1 rings (SSSR count). The summed E-state index contributed by atoms with van der Waals surface area (Å²) in [5, 5.41) is 22.0. The number of benzene rings is 1. The normalized spacial score (nSPS) is 13.9. The van der Waals surface area contributed by atoms with Crippen LogP contribution in [-0.2, 0) is 4.79 Å². The molecular formula is C13H16F3NO4. The van der Waals surface area contributed by atoms with E-state index in [0.717, 1.165) is 18.2 Å². The summed E-state index contributed by atoms with van der Waals surface area (Å²) in [6, 6.07) is 3.17. The van der Waals surface area contributed by atoms with E-state index >= 15 is 0 Å². The summed E-state index contributed by atoms with van der Waals surface area (Å²) < 4.78 is 42.3. The number of halogens is 3. The van der Waals surface area contributed by atoms with Gasteiger partial charge in [-0.25, -0.2) is 4.39 Å². The molecule has 0 fully saturated rings. The van der Waals surface area contributed by atoms with E-state index in [1.807, 2.05) is 0 Å². The van der Waals surface area contributed by atoms with Gasteiger partial charge in [-0.2, -0.15) is 8.78 Å². The van der Waals surface area contributed by atoms with Gasteiger partial charge in [0.2, 0.25) is 5.91 Å². The van der Waals surface area contributed by atoms with E-state index < -0.39 is 35.9 Å². The van der Waals surface area contributed by atoms with E-state index in [0.29, 0.717) is 0 Å². The maximum atomic E-state index is 13.7. The minimum absolute atomic E-state index is 0.0487. The SMILES string of the molecule is CC(=O)NCCC(O)C(O)c1c(F)cccc1OC(F)F. The molecule has 0 aliphatic carbocycles. The molecule has 0 heterocycles. The molecule has 8 heteroatoms. The molecule has 0 saturated carbocycles. The second kappa shape index (κ2) is 7.84. The van der Waals surface area contributed by atoms with Crippen LogP contribution in [0.5, 0.6) is 5.75 Å². The van der Waals surface area contributed by atoms with E-state index in [1.165, 1.54) is 6.92 Å². The van der Waals surface area contributed by atoms with Crippen molar-refractivity contribution in [3.8, 4) is 5.75 Å². The zero-order chi connectivity index (χ0) is 16.0. The van der Waals surface area contributed by atoms with Gasteiger partial charge in [0.1, 0.15) is 17.7 Å². The van der Waals surface area contributed by atoms with Gasteiger partial charge in [0, 0.05) is 13.5 Å². The molecule has 1 amide bonds. The van der Waals surface area contributed by atoms with Gasteiger partial charge >= 0.3 is 6.61 Å². The molecule has 0 radical (unpaired) electrons. The average Bonchev–Trinajstić information content (AvgIpc) is 2.37. The largest absolute Gasteiger partial charge is 0.434 e. The Hall–Kier alpha value is -1.80. The molecule has 0 bridgehead atoms. The standard InChI is InChI=1S/C13H16F3NO4/c1-7(18)17-6-5-9(19)12(20)11-8(14)3-2-4-10(11)21-13(15)16/h2-4,9,12-13,19-20H,5-6H2,1H3,(H,17,18). The van der Waals surface area contributed by atoms with Crippen molar-refractivity contribution in [1.29, 1.82) is 0 Å². The average molecular weight is 307 g/mol. The molecule has 0 aromatic heterocycles. The zero-order valence-corrected chi connectivity index (χ0v) is 11.2. The molecule has 21 heavy (non-hydrogen) atoms. The van der Waals surface area contributed by atoms with Crippen LogP contribution in [-0.4, -0.2) is 35.4 Å². The number of carbonyl (C=O) groups is 1. The van der Waals surface area contributed by atoms with Gasteiger partial charge in [0.05, 0.1) is 11.7 Å². The molecule has 0 aliphatic rings. The molecule has 2 atom stereocenters. The van der Waals surface area contributed by atoms with E-state index in [9.17, 15) is 28.2 Å². The van der Waals surface area contributed by atoms with Crippen molar-refractivity contribution in [3.05, 3.63) is 29.6 Å². The number of ether oxygens (including phenoxy) is 1. The van der Waals surface area contributed by atoms with Crippen LogP contribution in [0.15, 0.2) is 18.2 Å². The summed E-state index contributed by atoms with van der Waals surface area (Å²) in [6.45, 7) is -1.87. The maximum Gasteiger partial charge on any atom is 0.387 e. The summed E-state index contributed by atoms with van der Waals surface area (Å²) in [5.41, 5.74) is -0.548. The second-order valence-electron chi connectivity index (χ2n) is 4.31. The molecule has 1 aromatic carbocycles. The van der Waals surface area contributed by atoms with Crippen LogP contribution in [0, 0.1) is 5.82 Å². The number of aliphatic hydroxyl groups excluding tert-OH is 2. The molecule has 2 unspecified atom stereocenters. The summed E-state index contributed by atoms with van der Waals surface area (Å²) in [5.74, 6) is -1.85. The third-order valence-corrected chi connectivity index (χ3v) is 2.70. The highest BCUT2D eigenvalue weighted by Gasteiger charge is 2.26. The Morgan fingerprint density at radius 2 is 2.05 bits per heavy atom. The summed E-state index contributed by atoms with van der Waals surface area (Å²) >= 11 is 0. The zero-order valence-electron chi connectivity index (χ0n) is 11.2. The quantitative estimate of drug-likeness (QED) is 0.710. The van der Waals surface area contributed by atoms with Gasteiger partial charge in [-0.05, 0) is 18.6 Å². The van der Waals surface area contributed by atoms with E-state index in [1.54, 1.807) is 0 Å². The topological polar surface area (TPSA) is 78.8 Å². The molecular weight excluding hydrogens is 291 g/mol. The predicted octanol–water partition coefficient (Wildman–Crippen LogP) is 1.35. The third kappa shape index (κ3) is 5.24. The van der Waals surface area contributed by atoms with Crippen LogP contribution >= 0.6 is 0 Å². The van der Waals surface area contributed by atoms with Crippen LogP contribution in [0.3, 0.4) is 0 Å². The van der Waals surface area contributed by atoms with Crippen molar-refractivity contribution < 1.29 is 32.9 Å². The molecule has 5 nitrogen and oxygen atoms in total. The Bertz CT molecular complexity index is 484. The van der Waals surface area contributed by atoms with Gasteiger partial charge in [0.25, 0.3) is 0 Å². The maximum absolute atomic E-state index is 13.7. The van der Waals surface area contributed by atoms with Crippen LogP contribution in [0.25, 0.3) is 0 Å². The first-order valence-corrected chi connectivity index (χ1v) is 6.16. The minimum Gasteiger partial charge on any atom is -0.434 e. The van der Waals surface area contributed by atoms with Crippen LogP contribution in [0.4, 0.5) is 13.2 Å². The fraction of sp³-hybridized carbons (Fsp3) is 0.462. The van der Waals surface area contributed by atoms with Crippen LogP contribution in [0.2, 0.25) is 0 Å². The lowest BCUT2D eigenvalue weighted by Crippen LogP contribution is -2.28. The molecule has 0 spiro atoms. The highest BCUT2D eigenvalue weighted by molar-refractivity contribution is 5.72. The molecule has 1 aromatic rings. The second-order valence-corrected chi connectivity index (χ2v) is 4.31. The predicted molar refractivity (Wildman–Crippen MR) is 67.3 cm³/mol. The third-order valence-electron chi connectivity index (χ3n) is 2.70. The summed E-state index contributed by atoms with van der Waals surface area (Å²) in [6.07, 6.45) is -3.29. The number of rotatable bonds is 7. The molecule has 0 aliphatic heterocycles. The number of nitrogens with one attached hydrogen (secondary N) is 1. The van der Waals surface area contributed by atoms with Crippen LogP contribution in [0.1, 0.15) is 25.0 Å². The molecule has 0 saturated heterocycles. The first-order chi connectivity index (χ1) is 9.82. The van der Waals surface area contributed by atoms with E-state index in [4.69, 9.17) is 0 Å². The smallest absolute Gasteiger partial charge is 0.387 e. The first-order valence-electron chi connectivity index (χ1n) is 6.16. The Kier molecular flexibility index (Phi) is 6.44. The van der Waals surface area contributed by atoms with E-state index in [2.05, 4.69) is 10.1 Å².